The van der Waals surface area contributed by atoms with Crippen LogP contribution in [0.5, 0.6) is 5.75 Å². The molecule has 7 nitrogen and oxygen atoms in total. The van der Waals surface area contributed by atoms with E-state index in [4.69, 9.17) is 14.7 Å². The van der Waals surface area contributed by atoms with Gasteiger partial charge in [0.05, 0.1) is 36.5 Å². The van der Waals surface area contributed by atoms with Gasteiger partial charge in [0.2, 0.25) is 0 Å². The highest BCUT2D eigenvalue weighted by Crippen LogP contribution is 2.33. The van der Waals surface area contributed by atoms with Crippen LogP contribution in [0.25, 0.3) is 6.08 Å². The van der Waals surface area contributed by atoms with Gasteiger partial charge in [-0.3, -0.25) is 9.36 Å². The van der Waals surface area contributed by atoms with E-state index in [2.05, 4.69) is 43.5 Å². The molecule has 3 aromatic rings. The summed E-state index contributed by atoms with van der Waals surface area (Å²) in [7, 11) is 0. The Morgan fingerprint density at radius 1 is 1.31 bits per heavy atom. The fourth-order valence-electron chi connectivity index (χ4n) is 3.91. The van der Waals surface area contributed by atoms with E-state index in [9.17, 15) is 9.59 Å². The summed E-state index contributed by atoms with van der Waals surface area (Å²) < 4.78 is 14.4. The Hall–Kier alpha value is -2.75. The number of esters is 1. The Balaban J connectivity index is 1.89. The fraction of sp³-hybridized carbons (Fsp3) is 0.231. The maximum Gasteiger partial charge on any atom is 0.338 e. The van der Waals surface area contributed by atoms with Crippen molar-refractivity contribution in [3.63, 3.8) is 0 Å². The SMILES string of the molecule is CCOC(=O)C1=C(C)N=c2s/c(=C/c3cc(Br)c(OCC#N)c(I)c3)c(=O)n2[C@@H]1c1ccc(C)cc1. The monoisotopic (exact) mass is 677 g/mol. The number of aryl methyl sites for hydroxylation is 1. The molecule has 0 unspecified atom stereocenters. The molecule has 0 saturated heterocycles. The van der Waals surface area contributed by atoms with Crippen molar-refractivity contribution in [1.29, 1.82) is 5.26 Å². The minimum absolute atomic E-state index is 0.0618. The number of allylic oxidation sites excluding steroid dienone is 1. The van der Waals surface area contributed by atoms with Gasteiger partial charge in [-0.15, -0.1) is 0 Å². The lowest BCUT2D eigenvalue weighted by atomic mass is 9.95. The highest BCUT2D eigenvalue weighted by atomic mass is 127. The minimum atomic E-state index is -0.642. The van der Waals surface area contributed by atoms with Gasteiger partial charge < -0.3 is 9.47 Å². The van der Waals surface area contributed by atoms with Crippen LogP contribution >= 0.6 is 49.9 Å². The van der Waals surface area contributed by atoms with Crippen LogP contribution in [0.15, 0.2) is 61.9 Å². The standard InChI is InChI=1S/C26H21BrIN3O4S/c1-4-34-25(33)21-15(3)30-26-31(22(21)17-7-5-14(2)6-8-17)24(32)20(36-26)13-16-11-18(27)23(19(28)12-16)35-10-9-29/h5-8,11-13,22H,4,10H2,1-3H3/b20-13+/t22-/m1/s1. The predicted molar refractivity (Wildman–Crippen MR) is 150 cm³/mol. The number of ether oxygens (including phenoxy) is 2. The summed E-state index contributed by atoms with van der Waals surface area (Å²) in [4.78, 5) is 31.8. The number of carbonyl (C=O) groups is 1. The lowest BCUT2D eigenvalue weighted by Crippen LogP contribution is -2.39. The van der Waals surface area contributed by atoms with Gasteiger partial charge in [-0.1, -0.05) is 41.2 Å². The number of nitriles is 1. The molecule has 0 bridgehead atoms. The van der Waals surface area contributed by atoms with Gasteiger partial charge in [0.25, 0.3) is 5.56 Å². The van der Waals surface area contributed by atoms with E-state index in [1.54, 1.807) is 24.5 Å². The molecule has 1 aromatic heterocycles. The van der Waals surface area contributed by atoms with Crippen LogP contribution in [0.2, 0.25) is 0 Å². The Bertz CT molecular complexity index is 1580. The number of aromatic nitrogens is 1. The van der Waals surface area contributed by atoms with Crippen LogP contribution in [-0.4, -0.2) is 23.8 Å². The van der Waals surface area contributed by atoms with E-state index >= 15 is 0 Å². The van der Waals surface area contributed by atoms with Crippen molar-refractivity contribution in [2.45, 2.75) is 26.8 Å². The van der Waals surface area contributed by atoms with Gasteiger partial charge in [0.15, 0.2) is 11.4 Å². The Morgan fingerprint density at radius 3 is 2.67 bits per heavy atom. The van der Waals surface area contributed by atoms with Gasteiger partial charge >= 0.3 is 5.97 Å². The van der Waals surface area contributed by atoms with Gasteiger partial charge in [-0.05, 0) is 88.6 Å². The molecule has 0 amide bonds. The molecular formula is C26H21BrIN3O4S. The van der Waals surface area contributed by atoms with E-state index in [1.807, 2.05) is 49.4 Å². The number of benzene rings is 2. The Labute approximate surface area is 233 Å². The molecule has 0 fully saturated rings. The van der Waals surface area contributed by atoms with Gasteiger partial charge in [0, 0.05) is 0 Å². The van der Waals surface area contributed by atoms with E-state index in [0.717, 1.165) is 20.3 Å². The maximum absolute atomic E-state index is 13.7. The van der Waals surface area contributed by atoms with E-state index in [0.29, 0.717) is 30.8 Å². The average Bonchev–Trinajstić information content (AvgIpc) is 3.12. The van der Waals surface area contributed by atoms with Crippen molar-refractivity contribution in [3.8, 4) is 11.8 Å². The molecule has 0 N–H and O–H groups in total. The molecule has 0 aliphatic carbocycles. The van der Waals surface area contributed by atoms with Gasteiger partial charge in [-0.25, -0.2) is 9.79 Å². The van der Waals surface area contributed by atoms with Crippen molar-refractivity contribution in [2.75, 3.05) is 13.2 Å². The zero-order valence-corrected chi connectivity index (χ0v) is 24.2. The largest absolute Gasteiger partial charge is 0.476 e. The number of thiazole rings is 1. The highest BCUT2D eigenvalue weighted by molar-refractivity contribution is 14.1. The lowest BCUT2D eigenvalue weighted by Gasteiger charge is -2.24. The van der Waals surface area contributed by atoms with Crippen LogP contribution in [0, 0.1) is 21.8 Å². The summed E-state index contributed by atoms with van der Waals surface area (Å²) in [5.74, 6) is 0.0925. The molecule has 1 atom stereocenters. The third-order valence-corrected chi connectivity index (χ3v) is 7.88. The average molecular weight is 678 g/mol. The number of fused-ring (bicyclic) bond motifs is 1. The molecule has 36 heavy (non-hydrogen) atoms. The number of nitrogens with zero attached hydrogens (tertiary/aromatic N) is 3. The summed E-state index contributed by atoms with van der Waals surface area (Å²) in [6.45, 7) is 5.67. The first kappa shape index (κ1) is 26.3. The molecule has 0 radical (unpaired) electrons. The van der Waals surface area contributed by atoms with E-state index in [-0.39, 0.29) is 18.8 Å². The first-order valence-electron chi connectivity index (χ1n) is 11.0. The molecule has 2 heterocycles. The van der Waals surface area contributed by atoms with Crippen LogP contribution in [0.3, 0.4) is 0 Å². The molecule has 1 aliphatic heterocycles. The zero-order valence-electron chi connectivity index (χ0n) is 19.7. The van der Waals surface area contributed by atoms with Crippen LogP contribution in [-0.2, 0) is 9.53 Å². The number of halogens is 2. The molecule has 0 saturated carbocycles. The number of hydrogen-bond acceptors (Lipinski definition) is 7. The summed E-state index contributed by atoms with van der Waals surface area (Å²) in [5.41, 5.74) is 3.32. The third kappa shape index (κ3) is 5.19. The van der Waals surface area contributed by atoms with Crippen molar-refractivity contribution in [2.24, 2.45) is 4.99 Å². The minimum Gasteiger partial charge on any atom is -0.476 e. The molecule has 10 heteroatoms. The quantitative estimate of drug-likeness (QED) is 0.285. The molecule has 2 aromatic carbocycles. The van der Waals surface area contributed by atoms with Crippen LogP contribution in [0.4, 0.5) is 0 Å². The first-order chi connectivity index (χ1) is 17.2. The number of rotatable bonds is 6. The van der Waals surface area contributed by atoms with E-state index < -0.39 is 12.0 Å². The maximum atomic E-state index is 13.7. The molecule has 4 rings (SSSR count). The van der Waals surface area contributed by atoms with Crippen molar-refractivity contribution in [1.82, 2.24) is 4.57 Å². The zero-order chi connectivity index (χ0) is 26.0. The second-order valence-electron chi connectivity index (χ2n) is 7.97. The first-order valence-corrected chi connectivity index (χ1v) is 13.7. The smallest absolute Gasteiger partial charge is 0.338 e. The van der Waals surface area contributed by atoms with Gasteiger partial charge in [0.1, 0.15) is 11.8 Å². The number of carbonyl (C=O) groups excluding carboxylic acids is 1. The van der Waals surface area contributed by atoms with Gasteiger partial charge in [-0.2, -0.15) is 5.26 Å². The second kappa shape index (κ2) is 11.1. The van der Waals surface area contributed by atoms with Crippen molar-refractivity contribution in [3.05, 3.63) is 92.1 Å². The van der Waals surface area contributed by atoms with Crippen molar-refractivity contribution >= 4 is 61.9 Å². The summed E-state index contributed by atoms with van der Waals surface area (Å²) >= 11 is 6.89. The topological polar surface area (TPSA) is 93.7 Å². The second-order valence-corrected chi connectivity index (χ2v) is 11.0. The predicted octanol–water partition coefficient (Wildman–Crippen LogP) is 4.38. The molecule has 0 spiro atoms. The summed E-state index contributed by atoms with van der Waals surface area (Å²) in [6, 6.07) is 12.8. The third-order valence-electron chi connectivity index (χ3n) is 5.51. The lowest BCUT2D eigenvalue weighted by molar-refractivity contribution is -0.139. The Morgan fingerprint density at radius 2 is 2.03 bits per heavy atom. The van der Waals surface area contributed by atoms with E-state index in [1.165, 1.54) is 11.3 Å². The fourth-order valence-corrected chi connectivity index (χ4v) is 6.73. The van der Waals surface area contributed by atoms with Crippen molar-refractivity contribution < 1.29 is 14.3 Å². The highest BCUT2D eigenvalue weighted by Gasteiger charge is 2.33. The van der Waals surface area contributed by atoms with Crippen LogP contribution < -0.4 is 19.6 Å². The molecular weight excluding hydrogens is 657 g/mol. The summed E-state index contributed by atoms with van der Waals surface area (Å²) in [5, 5.41) is 8.81. The molecule has 1 aliphatic rings. The Kier molecular flexibility index (Phi) is 8.12. The number of hydrogen-bond donors (Lipinski definition) is 0. The van der Waals surface area contributed by atoms with Crippen LogP contribution in [0.1, 0.15) is 36.6 Å². The normalized spacial score (nSPS) is 15.2. The summed E-state index contributed by atoms with van der Waals surface area (Å²) in [6.07, 6.45) is 1.79. The molecule has 184 valence electrons.